The van der Waals surface area contributed by atoms with Crippen LogP contribution in [0.3, 0.4) is 0 Å². The van der Waals surface area contributed by atoms with Crippen molar-refractivity contribution in [3.8, 4) is 5.75 Å². The molecule has 28 heavy (non-hydrogen) atoms. The van der Waals surface area contributed by atoms with Crippen molar-refractivity contribution in [3.05, 3.63) is 64.6 Å². The SMILES string of the molecule is COc1ccc(/C=C2\SC(=S)N(CCC(=O)Nc3cccc(C)c3)C2=O)cc1. The highest BCUT2D eigenvalue weighted by molar-refractivity contribution is 8.26. The van der Waals surface area contributed by atoms with Crippen LogP contribution in [-0.2, 0) is 9.59 Å². The molecule has 0 bridgehead atoms. The minimum Gasteiger partial charge on any atom is -0.497 e. The maximum absolute atomic E-state index is 12.7. The van der Waals surface area contributed by atoms with Crippen molar-refractivity contribution in [1.82, 2.24) is 4.90 Å². The Hall–Kier alpha value is -2.64. The smallest absolute Gasteiger partial charge is 0.266 e. The molecule has 2 aromatic carbocycles. The third-order valence-electron chi connectivity index (χ3n) is 4.15. The molecular formula is C21H20N2O3S2. The fourth-order valence-corrected chi connectivity index (χ4v) is 4.01. The van der Waals surface area contributed by atoms with Crippen molar-refractivity contribution in [3.63, 3.8) is 0 Å². The number of rotatable bonds is 6. The summed E-state index contributed by atoms with van der Waals surface area (Å²) >= 11 is 6.57. The summed E-state index contributed by atoms with van der Waals surface area (Å²) in [5.41, 5.74) is 2.70. The summed E-state index contributed by atoms with van der Waals surface area (Å²) in [4.78, 5) is 26.9. The van der Waals surface area contributed by atoms with E-state index in [2.05, 4.69) is 5.32 Å². The lowest BCUT2D eigenvalue weighted by Crippen LogP contribution is -2.31. The molecule has 1 aliphatic heterocycles. The molecule has 1 heterocycles. The number of nitrogens with zero attached hydrogens (tertiary/aromatic N) is 1. The Morgan fingerprint density at radius 1 is 1.25 bits per heavy atom. The molecule has 1 N–H and O–H groups in total. The molecule has 0 saturated carbocycles. The van der Waals surface area contributed by atoms with E-state index in [1.54, 1.807) is 13.2 Å². The Balaban J connectivity index is 1.60. The molecule has 2 amide bonds. The molecule has 144 valence electrons. The van der Waals surface area contributed by atoms with E-state index in [1.807, 2.05) is 55.5 Å². The average molecular weight is 413 g/mol. The van der Waals surface area contributed by atoms with Crippen LogP contribution < -0.4 is 10.1 Å². The quantitative estimate of drug-likeness (QED) is 0.568. The van der Waals surface area contributed by atoms with E-state index in [-0.39, 0.29) is 24.8 Å². The van der Waals surface area contributed by atoms with Gasteiger partial charge in [-0.25, -0.2) is 0 Å². The van der Waals surface area contributed by atoms with E-state index in [0.717, 1.165) is 22.6 Å². The molecule has 2 aromatic rings. The molecule has 0 aromatic heterocycles. The van der Waals surface area contributed by atoms with Crippen molar-refractivity contribution in [2.24, 2.45) is 0 Å². The van der Waals surface area contributed by atoms with Gasteiger partial charge in [0, 0.05) is 18.7 Å². The van der Waals surface area contributed by atoms with Gasteiger partial charge < -0.3 is 10.1 Å². The summed E-state index contributed by atoms with van der Waals surface area (Å²) in [6, 6.07) is 15.0. The van der Waals surface area contributed by atoms with E-state index in [0.29, 0.717) is 9.23 Å². The number of methoxy groups -OCH3 is 1. The molecule has 5 nitrogen and oxygen atoms in total. The van der Waals surface area contributed by atoms with Gasteiger partial charge in [-0.3, -0.25) is 14.5 Å². The van der Waals surface area contributed by atoms with Gasteiger partial charge in [0.25, 0.3) is 5.91 Å². The van der Waals surface area contributed by atoms with E-state index in [1.165, 1.54) is 16.7 Å². The molecule has 3 rings (SSSR count). The van der Waals surface area contributed by atoms with E-state index >= 15 is 0 Å². The summed E-state index contributed by atoms with van der Waals surface area (Å²) in [6.45, 7) is 2.22. The highest BCUT2D eigenvalue weighted by atomic mass is 32.2. The minimum absolute atomic E-state index is 0.154. The van der Waals surface area contributed by atoms with Crippen LogP contribution in [0.1, 0.15) is 17.5 Å². The fourth-order valence-electron chi connectivity index (χ4n) is 2.70. The van der Waals surface area contributed by atoms with Crippen LogP contribution in [-0.4, -0.2) is 34.7 Å². The van der Waals surface area contributed by atoms with E-state index in [9.17, 15) is 9.59 Å². The number of hydrogen-bond acceptors (Lipinski definition) is 5. The zero-order valence-corrected chi connectivity index (χ0v) is 17.2. The largest absolute Gasteiger partial charge is 0.497 e. The van der Waals surface area contributed by atoms with Crippen molar-refractivity contribution in [2.75, 3.05) is 19.0 Å². The average Bonchev–Trinajstić information content (AvgIpc) is 2.93. The zero-order valence-electron chi connectivity index (χ0n) is 15.6. The van der Waals surface area contributed by atoms with Crippen molar-refractivity contribution < 1.29 is 14.3 Å². The van der Waals surface area contributed by atoms with Gasteiger partial charge in [-0.1, -0.05) is 48.2 Å². The Bertz CT molecular complexity index is 939. The Morgan fingerprint density at radius 2 is 2.00 bits per heavy atom. The lowest BCUT2D eigenvalue weighted by Gasteiger charge is -2.14. The van der Waals surface area contributed by atoms with Gasteiger partial charge in [0.1, 0.15) is 10.1 Å². The first kappa shape index (κ1) is 20.1. The van der Waals surface area contributed by atoms with Gasteiger partial charge >= 0.3 is 0 Å². The lowest BCUT2D eigenvalue weighted by molar-refractivity contribution is -0.122. The number of carbonyl (C=O) groups excluding carboxylic acids is 2. The van der Waals surface area contributed by atoms with Gasteiger partial charge in [-0.05, 0) is 48.4 Å². The molecule has 1 saturated heterocycles. The monoisotopic (exact) mass is 412 g/mol. The van der Waals surface area contributed by atoms with Crippen LogP contribution in [0.2, 0.25) is 0 Å². The molecule has 0 unspecified atom stereocenters. The lowest BCUT2D eigenvalue weighted by atomic mass is 10.2. The summed E-state index contributed by atoms with van der Waals surface area (Å²) < 4.78 is 5.60. The molecule has 7 heteroatoms. The Kier molecular flexibility index (Phi) is 6.49. The van der Waals surface area contributed by atoms with Gasteiger partial charge in [0.15, 0.2) is 0 Å². The van der Waals surface area contributed by atoms with Crippen LogP contribution >= 0.6 is 24.0 Å². The number of thioether (sulfide) groups is 1. The standard InChI is InChI=1S/C21H20N2O3S2/c1-14-4-3-5-16(12-14)22-19(24)10-11-23-20(25)18(28-21(23)27)13-15-6-8-17(26-2)9-7-15/h3-9,12-13H,10-11H2,1-2H3,(H,22,24)/b18-13-. The predicted octanol–water partition coefficient (Wildman–Crippen LogP) is 4.23. The second kappa shape index (κ2) is 9.03. The van der Waals surface area contributed by atoms with Gasteiger partial charge in [-0.2, -0.15) is 0 Å². The zero-order chi connectivity index (χ0) is 20.1. The number of carbonyl (C=O) groups is 2. The number of anilines is 1. The number of benzene rings is 2. The summed E-state index contributed by atoms with van der Waals surface area (Å²) in [5.74, 6) is 0.428. The first-order valence-corrected chi connectivity index (χ1v) is 9.94. The number of amides is 2. The molecular weight excluding hydrogens is 392 g/mol. The molecule has 0 radical (unpaired) electrons. The topological polar surface area (TPSA) is 58.6 Å². The number of thiocarbonyl (C=S) groups is 1. The number of ether oxygens (including phenoxy) is 1. The van der Waals surface area contributed by atoms with Crippen molar-refractivity contribution in [1.29, 1.82) is 0 Å². The van der Waals surface area contributed by atoms with E-state index < -0.39 is 0 Å². The number of aryl methyl sites for hydroxylation is 1. The Labute approximate surface area is 173 Å². The predicted molar refractivity (Wildman–Crippen MR) is 117 cm³/mol. The van der Waals surface area contributed by atoms with Crippen LogP contribution in [0.4, 0.5) is 5.69 Å². The maximum Gasteiger partial charge on any atom is 0.266 e. The molecule has 0 aliphatic carbocycles. The van der Waals surface area contributed by atoms with Crippen molar-refractivity contribution in [2.45, 2.75) is 13.3 Å². The second-order valence-electron chi connectivity index (χ2n) is 6.27. The summed E-state index contributed by atoms with van der Waals surface area (Å²) in [7, 11) is 1.61. The third-order valence-corrected chi connectivity index (χ3v) is 5.53. The van der Waals surface area contributed by atoms with Crippen LogP contribution in [0, 0.1) is 6.92 Å². The van der Waals surface area contributed by atoms with Gasteiger partial charge in [0.05, 0.1) is 12.0 Å². The van der Waals surface area contributed by atoms with Crippen molar-refractivity contribution >= 4 is 51.9 Å². The van der Waals surface area contributed by atoms with Crippen LogP contribution in [0.15, 0.2) is 53.4 Å². The molecule has 0 spiro atoms. The maximum atomic E-state index is 12.7. The molecule has 1 fully saturated rings. The van der Waals surface area contributed by atoms with Gasteiger partial charge in [-0.15, -0.1) is 0 Å². The first-order valence-electron chi connectivity index (χ1n) is 8.72. The third kappa shape index (κ3) is 4.99. The van der Waals surface area contributed by atoms with Crippen LogP contribution in [0.25, 0.3) is 6.08 Å². The van der Waals surface area contributed by atoms with E-state index in [4.69, 9.17) is 17.0 Å². The second-order valence-corrected chi connectivity index (χ2v) is 7.95. The number of hydrogen-bond donors (Lipinski definition) is 1. The Morgan fingerprint density at radius 3 is 2.68 bits per heavy atom. The van der Waals surface area contributed by atoms with Crippen LogP contribution in [0.5, 0.6) is 5.75 Å². The first-order chi connectivity index (χ1) is 13.5. The van der Waals surface area contributed by atoms with Gasteiger partial charge in [0.2, 0.25) is 5.91 Å². The normalized spacial score (nSPS) is 15.2. The highest BCUT2D eigenvalue weighted by Crippen LogP contribution is 2.32. The highest BCUT2D eigenvalue weighted by Gasteiger charge is 2.32. The fraction of sp³-hybridized carbons (Fsp3) is 0.190. The molecule has 1 aliphatic rings. The minimum atomic E-state index is -0.172. The summed E-state index contributed by atoms with van der Waals surface area (Å²) in [6.07, 6.45) is 1.97. The summed E-state index contributed by atoms with van der Waals surface area (Å²) in [5, 5.41) is 2.84. The molecule has 0 atom stereocenters. The number of nitrogens with one attached hydrogen (secondary N) is 1.